The van der Waals surface area contributed by atoms with Gasteiger partial charge in [0.25, 0.3) is 5.91 Å². The minimum atomic E-state index is -1.78. The second kappa shape index (κ2) is 13.4. The van der Waals surface area contributed by atoms with Gasteiger partial charge in [-0.15, -0.1) is 0 Å². The summed E-state index contributed by atoms with van der Waals surface area (Å²) < 4.78 is 11.2. The highest BCUT2D eigenvalue weighted by Crippen LogP contribution is 2.27. The Morgan fingerprint density at radius 1 is 1.00 bits per heavy atom. The van der Waals surface area contributed by atoms with Crippen molar-refractivity contribution in [3.63, 3.8) is 0 Å². The van der Waals surface area contributed by atoms with E-state index in [-0.39, 0.29) is 19.1 Å². The summed E-state index contributed by atoms with van der Waals surface area (Å²) in [5.41, 5.74) is 2.13. The number of hydroxylamine groups is 1. The molecule has 0 aromatic heterocycles. The molecule has 0 bridgehead atoms. The second-order valence-electron chi connectivity index (χ2n) is 9.46. The Bertz CT molecular complexity index is 1190. The molecule has 1 unspecified atom stereocenters. The molecule has 0 spiro atoms. The van der Waals surface area contributed by atoms with Gasteiger partial charge in [-0.3, -0.25) is 24.7 Å². The summed E-state index contributed by atoms with van der Waals surface area (Å²) in [4.78, 5) is 55.0. The van der Waals surface area contributed by atoms with Crippen molar-refractivity contribution >= 4 is 23.8 Å². The standard InChI is InChI=1S/C28H33N3O8/c1-18(2)25(30-27(36)37-16-20-10-6-4-7-11-20)23-15-28(39-31-23,17-38-21-12-8-5-9-13-21)26(35)29-22(19(3)32)14-24(33)34/h4-13,15,18,22,25,31H,14,16-17H2,1-3H3,(H,29,35)(H,30,36)(H,33,34)/t22-,25-,28?/m0/s1. The van der Waals surface area contributed by atoms with Gasteiger partial charge in [-0.25, -0.2) is 4.79 Å². The van der Waals surface area contributed by atoms with Crippen LogP contribution in [0.15, 0.2) is 72.4 Å². The number of carbonyl (C=O) groups is 4. The van der Waals surface area contributed by atoms with Gasteiger partial charge >= 0.3 is 12.1 Å². The van der Waals surface area contributed by atoms with Gasteiger partial charge in [-0.2, -0.15) is 0 Å². The van der Waals surface area contributed by atoms with Crippen LogP contribution in [0.25, 0.3) is 0 Å². The average molecular weight is 540 g/mol. The van der Waals surface area contributed by atoms with E-state index in [2.05, 4.69) is 16.1 Å². The van der Waals surface area contributed by atoms with Crippen molar-refractivity contribution in [2.75, 3.05) is 6.61 Å². The Labute approximate surface area is 226 Å². The molecule has 4 N–H and O–H groups in total. The summed E-state index contributed by atoms with van der Waals surface area (Å²) in [7, 11) is 0. The number of amides is 2. The van der Waals surface area contributed by atoms with Crippen LogP contribution in [0, 0.1) is 5.92 Å². The molecule has 1 aliphatic rings. The predicted octanol–water partition coefficient (Wildman–Crippen LogP) is 2.72. The number of carboxylic acid groups (broad SMARTS) is 1. The zero-order chi connectivity index (χ0) is 28.4. The van der Waals surface area contributed by atoms with Gasteiger partial charge in [0.2, 0.25) is 5.60 Å². The number of hydrogen-bond acceptors (Lipinski definition) is 8. The zero-order valence-corrected chi connectivity index (χ0v) is 22.0. The molecule has 1 heterocycles. The third-order valence-corrected chi connectivity index (χ3v) is 5.98. The van der Waals surface area contributed by atoms with Crippen molar-refractivity contribution in [3.8, 4) is 5.75 Å². The summed E-state index contributed by atoms with van der Waals surface area (Å²) in [5, 5.41) is 14.4. The Hall–Kier alpha value is -4.38. The minimum Gasteiger partial charge on any atom is -0.490 e. The molecule has 3 atom stereocenters. The molecule has 2 aromatic rings. The Balaban J connectivity index is 1.81. The van der Waals surface area contributed by atoms with E-state index in [1.54, 1.807) is 30.3 Å². The van der Waals surface area contributed by atoms with E-state index >= 15 is 0 Å². The first-order valence-corrected chi connectivity index (χ1v) is 12.4. The van der Waals surface area contributed by atoms with E-state index in [1.165, 1.54) is 13.0 Å². The van der Waals surface area contributed by atoms with Gasteiger partial charge in [0, 0.05) is 0 Å². The molecule has 0 saturated heterocycles. The molecule has 11 nitrogen and oxygen atoms in total. The normalized spacial score (nSPS) is 17.8. The van der Waals surface area contributed by atoms with Crippen LogP contribution in [-0.2, 0) is 30.6 Å². The number of ketones is 1. The lowest BCUT2D eigenvalue weighted by molar-refractivity contribution is -0.151. The minimum absolute atomic E-state index is 0.0771. The van der Waals surface area contributed by atoms with Gasteiger partial charge in [0.15, 0.2) is 5.78 Å². The molecule has 208 valence electrons. The first kappa shape index (κ1) is 29.2. The third kappa shape index (κ3) is 8.30. The fraction of sp³-hybridized carbons (Fsp3) is 0.357. The molecule has 1 aliphatic heterocycles. The number of aliphatic carboxylic acids is 1. The van der Waals surface area contributed by atoms with Crippen molar-refractivity contribution in [1.29, 1.82) is 0 Å². The molecule has 0 aliphatic carbocycles. The van der Waals surface area contributed by atoms with Crippen LogP contribution < -0.4 is 20.9 Å². The molecule has 39 heavy (non-hydrogen) atoms. The quantitative estimate of drug-likeness (QED) is 0.301. The highest BCUT2D eigenvalue weighted by atomic mass is 16.7. The van der Waals surface area contributed by atoms with E-state index < -0.39 is 47.9 Å². The van der Waals surface area contributed by atoms with Crippen LogP contribution in [0.1, 0.15) is 32.8 Å². The van der Waals surface area contributed by atoms with Gasteiger partial charge in [0.05, 0.1) is 24.2 Å². The molecule has 3 rings (SSSR count). The smallest absolute Gasteiger partial charge is 0.408 e. The number of hydrogen-bond donors (Lipinski definition) is 4. The Morgan fingerprint density at radius 2 is 1.64 bits per heavy atom. The number of para-hydroxylation sites is 1. The number of nitrogens with one attached hydrogen (secondary N) is 3. The molecular weight excluding hydrogens is 506 g/mol. The maximum absolute atomic E-state index is 13.4. The van der Waals surface area contributed by atoms with Crippen LogP contribution in [0.4, 0.5) is 4.79 Å². The fourth-order valence-corrected chi connectivity index (χ4v) is 3.82. The highest BCUT2D eigenvalue weighted by molar-refractivity contribution is 5.94. The first-order valence-electron chi connectivity index (χ1n) is 12.4. The number of carboxylic acids is 1. The van der Waals surface area contributed by atoms with Crippen LogP contribution in [-0.4, -0.2) is 53.2 Å². The van der Waals surface area contributed by atoms with Gasteiger partial charge in [-0.1, -0.05) is 62.4 Å². The summed E-state index contributed by atoms with van der Waals surface area (Å²) in [5.74, 6) is -2.24. The summed E-state index contributed by atoms with van der Waals surface area (Å²) >= 11 is 0. The van der Waals surface area contributed by atoms with Crippen LogP contribution in [0.5, 0.6) is 5.75 Å². The zero-order valence-electron chi connectivity index (χ0n) is 22.0. The van der Waals surface area contributed by atoms with E-state index in [0.717, 1.165) is 5.56 Å². The highest BCUT2D eigenvalue weighted by Gasteiger charge is 2.47. The number of ether oxygens (including phenoxy) is 2. The molecular formula is C28H33N3O8. The molecule has 2 amide bonds. The largest absolute Gasteiger partial charge is 0.490 e. The van der Waals surface area contributed by atoms with Crippen molar-refractivity contribution in [2.24, 2.45) is 5.92 Å². The molecule has 2 aromatic carbocycles. The Morgan fingerprint density at radius 3 is 2.23 bits per heavy atom. The maximum atomic E-state index is 13.4. The number of alkyl carbamates (subject to hydrolysis) is 1. The molecule has 0 saturated carbocycles. The monoisotopic (exact) mass is 539 g/mol. The molecule has 0 radical (unpaired) electrons. The number of benzene rings is 2. The molecule has 0 fully saturated rings. The summed E-state index contributed by atoms with van der Waals surface area (Å²) in [6.07, 6.45) is 0.205. The lowest BCUT2D eigenvalue weighted by Gasteiger charge is -2.26. The van der Waals surface area contributed by atoms with Gasteiger partial charge in [0.1, 0.15) is 19.0 Å². The first-order chi connectivity index (χ1) is 18.6. The second-order valence-corrected chi connectivity index (χ2v) is 9.46. The van der Waals surface area contributed by atoms with Crippen molar-refractivity contribution in [3.05, 3.63) is 78.0 Å². The van der Waals surface area contributed by atoms with Crippen LogP contribution >= 0.6 is 0 Å². The van der Waals surface area contributed by atoms with Crippen molar-refractivity contribution in [1.82, 2.24) is 16.1 Å². The maximum Gasteiger partial charge on any atom is 0.408 e. The van der Waals surface area contributed by atoms with E-state index in [4.69, 9.17) is 19.4 Å². The fourth-order valence-electron chi connectivity index (χ4n) is 3.82. The summed E-state index contributed by atoms with van der Waals surface area (Å²) in [6, 6.07) is 16.0. The average Bonchev–Trinajstić information content (AvgIpc) is 3.35. The predicted molar refractivity (Wildman–Crippen MR) is 140 cm³/mol. The van der Waals surface area contributed by atoms with Crippen LogP contribution in [0.2, 0.25) is 0 Å². The Kier molecular flexibility index (Phi) is 10.0. The van der Waals surface area contributed by atoms with Crippen LogP contribution in [0.3, 0.4) is 0 Å². The van der Waals surface area contributed by atoms with E-state index in [9.17, 15) is 19.2 Å². The SMILES string of the molecule is CC(=O)[C@H](CC(=O)O)NC(=O)C1(COc2ccccc2)C=C([C@@H](NC(=O)OCc2ccccc2)C(C)C)NO1. The van der Waals surface area contributed by atoms with Crippen molar-refractivity contribution in [2.45, 2.75) is 51.5 Å². The van der Waals surface area contributed by atoms with Gasteiger partial charge < -0.3 is 25.2 Å². The summed E-state index contributed by atoms with van der Waals surface area (Å²) in [6.45, 7) is 4.69. The third-order valence-electron chi connectivity index (χ3n) is 5.98. The number of carbonyl (C=O) groups excluding carboxylic acids is 3. The lowest BCUT2D eigenvalue weighted by atomic mass is 9.95. The van der Waals surface area contributed by atoms with E-state index in [1.807, 2.05) is 44.2 Å². The van der Waals surface area contributed by atoms with E-state index in [0.29, 0.717) is 11.4 Å². The molecule has 11 heteroatoms. The topological polar surface area (TPSA) is 152 Å². The lowest BCUT2D eigenvalue weighted by Crippen LogP contribution is -2.55. The number of rotatable bonds is 13. The number of Topliss-reactive ketones (excluding diaryl/α,β-unsaturated/α-hetero) is 1. The van der Waals surface area contributed by atoms with Gasteiger partial charge in [-0.05, 0) is 36.6 Å². The van der Waals surface area contributed by atoms with Crippen molar-refractivity contribution < 1.29 is 38.6 Å².